The van der Waals surface area contributed by atoms with Gasteiger partial charge in [-0.2, -0.15) is 0 Å². The van der Waals surface area contributed by atoms with Crippen molar-refractivity contribution in [3.05, 3.63) is 12.7 Å². The molecule has 0 bridgehead atoms. The Bertz CT molecular complexity index is 175. The van der Waals surface area contributed by atoms with E-state index in [2.05, 4.69) is 18.8 Å². The summed E-state index contributed by atoms with van der Waals surface area (Å²) in [5, 5.41) is 3.29. The van der Waals surface area contributed by atoms with E-state index in [0.717, 1.165) is 6.61 Å². The topological polar surface area (TPSA) is 21.3 Å². The fourth-order valence-corrected chi connectivity index (χ4v) is 2.60. The highest BCUT2D eigenvalue weighted by Gasteiger charge is 2.28. The number of rotatable bonds is 6. The van der Waals surface area contributed by atoms with Crippen molar-refractivity contribution in [2.45, 2.75) is 51.2 Å². The van der Waals surface area contributed by atoms with Crippen LogP contribution in [-0.4, -0.2) is 25.8 Å². The van der Waals surface area contributed by atoms with Gasteiger partial charge < -0.3 is 10.1 Å². The van der Waals surface area contributed by atoms with Gasteiger partial charge in [0.2, 0.25) is 0 Å². The largest absolute Gasteiger partial charge is 0.376 e. The zero-order valence-electron chi connectivity index (χ0n) is 10.2. The molecule has 2 heteroatoms. The van der Waals surface area contributed by atoms with Crippen molar-refractivity contribution in [3.8, 4) is 0 Å². The summed E-state index contributed by atoms with van der Waals surface area (Å²) in [4.78, 5) is 0. The number of likely N-dealkylation sites (N-methyl/N-ethyl adjacent to an activating group) is 1. The molecule has 15 heavy (non-hydrogen) atoms. The van der Waals surface area contributed by atoms with E-state index in [9.17, 15) is 0 Å². The molecule has 0 aromatic carbocycles. The van der Waals surface area contributed by atoms with Gasteiger partial charge in [-0.1, -0.05) is 25.3 Å². The van der Waals surface area contributed by atoms with Crippen molar-refractivity contribution in [2.75, 3.05) is 13.7 Å². The molecule has 1 aliphatic rings. The molecule has 88 valence electrons. The summed E-state index contributed by atoms with van der Waals surface area (Å²) >= 11 is 0. The third kappa shape index (κ3) is 3.62. The Labute approximate surface area is 94.1 Å². The Morgan fingerprint density at radius 3 is 2.53 bits per heavy atom. The minimum Gasteiger partial charge on any atom is -0.376 e. The molecular weight excluding hydrogens is 186 g/mol. The summed E-state index contributed by atoms with van der Waals surface area (Å²) in [6.45, 7) is 6.76. The van der Waals surface area contributed by atoms with Gasteiger partial charge in [0, 0.05) is 6.61 Å². The maximum atomic E-state index is 5.89. The number of ether oxygens (including phenoxy) is 1. The first-order chi connectivity index (χ1) is 7.33. The molecule has 1 saturated carbocycles. The van der Waals surface area contributed by atoms with Crippen LogP contribution in [0.1, 0.15) is 39.0 Å². The van der Waals surface area contributed by atoms with Crippen LogP contribution in [0.25, 0.3) is 0 Å². The lowest BCUT2D eigenvalue weighted by Gasteiger charge is -2.34. The first kappa shape index (κ1) is 12.7. The maximum Gasteiger partial charge on any atom is 0.0791 e. The molecule has 0 aromatic heterocycles. The molecule has 0 aromatic rings. The van der Waals surface area contributed by atoms with Crippen molar-refractivity contribution in [3.63, 3.8) is 0 Å². The van der Waals surface area contributed by atoms with Gasteiger partial charge in [0.1, 0.15) is 0 Å². The Morgan fingerprint density at radius 1 is 1.40 bits per heavy atom. The van der Waals surface area contributed by atoms with Crippen LogP contribution in [0.15, 0.2) is 12.7 Å². The normalized spacial score (nSPS) is 22.3. The fourth-order valence-electron chi connectivity index (χ4n) is 2.60. The monoisotopic (exact) mass is 211 g/mol. The molecule has 1 rings (SSSR count). The van der Waals surface area contributed by atoms with Crippen LogP contribution in [0, 0.1) is 5.92 Å². The smallest absolute Gasteiger partial charge is 0.0791 e. The zero-order valence-corrected chi connectivity index (χ0v) is 10.2. The lowest BCUT2D eigenvalue weighted by molar-refractivity contribution is -0.00594. The average molecular weight is 211 g/mol. The molecule has 1 fully saturated rings. The molecule has 1 aliphatic carbocycles. The Kier molecular flexibility index (Phi) is 5.96. The zero-order chi connectivity index (χ0) is 11.1. The van der Waals surface area contributed by atoms with E-state index in [1.807, 2.05) is 13.1 Å². The lowest BCUT2D eigenvalue weighted by Crippen LogP contribution is -2.43. The van der Waals surface area contributed by atoms with Gasteiger partial charge in [-0.05, 0) is 32.7 Å². The highest BCUT2D eigenvalue weighted by molar-refractivity contribution is 4.94. The van der Waals surface area contributed by atoms with E-state index in [0.29, 0.717) is 18.1 Å². The summed E-state index contributed by atoms with van der Waals surface area (Å²) in [6.07, 6.45) is 9.05. The molecule has 2 unspecified atom stereocenters. The average Bonchev–Trinajstić information content (AvgIpc) is 2.30. The van der Waals surface area contributed by atoms with Crippen molar-refractivity contribution >= 4 is 0 Å². The second-order valence-corrected chi connectivity index (χ2v) is 4.37. The van der Waals surface area contributed by atoms with E-state index in [-0.39, 0.29) is 0 Å². The fraction of sp³-hybridized carbons (Fsp3) is 0.846. The van der Waals surface area contributed by atoms with E-state index < -0.39 is 0 Å². The summed E-state index contributed by atoms with van der Waals surface area (Å²) in [5.41, 5.74) is 0. The standard InChI is InChI=1S/C13H25NO/c1-4-12(14-3)13(15-5-2)11-9-7-6-8-10-11/h4,11-14H,1,5-10H2,2-3H3. The van der Waals surface area contributed by atoms with E-state index in [1.54, 1.807) is 0 Å². The number of hydrogen-bond acceptors (Lipinski definition) is 2. The summed E-state index contributed by atoms with van der Waals surface area (Å²) in [7, 11) is 1.99. The molecule has 0 spiro atoms. The highest BCUT2D eigenvalue weighted by atomic mass is 16.5. The van der Waals surface area contributed by atoms with E-state index in [4.69, 9.17) is 4.74 Å². The van der Waals surface area contributed by atoms with Crippen molar-refractivity contribution in [1.29, 1.82) is 0 Å². The third-order valence-electron chi connectivity index (χ3n) is 3.41. The number of nitrogens with one attached hydrogen (secondary N) is 1. The van der Waals surface area contributed by atoms with Crippen LogP contribution in [0.4, 0.5) is 0 Å². The number of hydrogen-bond donors (Lipinski definition) is 1. The molecule has 2 atom stereocenters. The molecule has 0 aliphatic heterocycles. The molecule has 1 N–H and O–H groups in total. The van der Waals surface area contributed by atoms with Gasteiger partial charge >= 0.3 is 0 Å². The lowest BCUT2D eigenvalue weighted by atomic mass is 9.82. The second kappa shape index (κ2) is 7.02. The van der Waals surface area contributed by atoms with Crippen LogP contribution in [0.5, 0.6) is 0 Å². The quantitative estimate of drug-likeness (QED) is 0.682. The van der Waals surface area contributed by atoms with Crippen LogP contribution in [0.3, 0.4) is 0 Å². The predicted octanol–water partition coefficient (Wildman–Crippen LogP) is 2.75. The summed E-state index contributed by atoms with van der Waals surface area (Å²) in [6, 6.07) is 0.299. The molecule has 0 saturated heterocycles. The third-order valence-corrected chi connectivity index (χ3v) is 3.41. The van der Waals surface area contributed by atoms with Gasteiger partial charge in [-0.3, -0.25) is 0 Å². The van der Waals surface area contributed by atoms with E-state index >= 15 is 0 Å². The molecule has 0 amide bonds. The highest BCUT2D eigenvalue weighted by Crippen LogP contribution is 2.29. The van der Waals surface area contributed by atoms with Gasteiger partial charge in [0.05, 0.1) is 12.1 Å². The molecule has 0 radical (unpaired) electrons. The van der Waals surface area contributed by atoms with Gasteiger partial charge in [-0.25, -0.2) is 0 Å². The first-order valence-corrected chi connectivity index (χ1v) is 6.24. The summed E-state index contributed by atoms with van der Waals surface area (Å²) in [5.74, 6) is 0.717. The Hall–Kier alpha value is -0.340. The summed E-state index contributed by atoms with van der Waals surface area (Å²) < 4.78 is 5.89. The predicted molar refractivity (Wildman–Crippen MR) is 65.0 cm³/mol. The molecular formula is C13H25NO. The molecule has 2 nitrogen and oxygen atoms in total. The van der Waals surface area contributed by atoms with Crippen molar-refractivity contribution in [2.24, 2.45) is 5.92 Å². The molecule has 0 heterocycles. The Morgan fingerprint density at radius 2 is 2.07 bits per heavy atom. The van der Waals surface area contributed by atoms with Crippen LogP contribution < -0.4 is 5.32 Å². The van der Waals surface area contributed by atoms with Crippen molar-refractivity contribution in [1.82, 2.24) is 5.32 Å². The van der Waals surface area contributed by atoms with Crippen LogP contribution in [-0.2, 0) is 4.74 Å². The minimum absolute atomic E-state index is 0.299. The SMILES string of the molecule is C=CC(NC)C(OCC)C1CCCCC1. The van der Waals surface area contributed by atoms with E-state index in [1.165, 1.54) is 32.1 Å². The maximum absolute atomic E-state index is 5.89. The first-order valence-electron chi connectivity index (χ1n) is 6.24. The van der Waals surface area contributed by atoms with Gasteiger partial charge in [0.15, 0.2) is 0 Å². The van der Waals surface area contributed by atoms with Gasteiger partial charge in [0.25, 0.3) is 0 Å². The van der Waals surface area contributed by atoms with Gasteiger partial charge in [-0.15, -0.1) is 6.58 Å². The minimum atomic E-state index is 0.299. The van der Waals surface area contributed by atoms with Crippen LogP contribution >= 0.6 is 0 Å². The van der Waals surface area contributed by atoms with Crippen LogP contribution in [0.2, 0.25) is 0 Å². The second-order valence-electron chi connectivity index (χ2n) is 4.37. The Balaban J connectivity index is 2.57. The van der Waals surface area contributed by atoms with Crippen molar-refractivity contribution < 1.29 is 4.74 Å².